The van der Waals surface area contributed by atoms with E-state index >= 15 is 0 Å². The summed E-state index contributed by atoms with van der Waals surface area (Å²) in [6.45, 7) is 2.27. The van der Waals surface area contributed by atoms with E-state index in [1.54, 1.807) is 30.8 Å². The fraction of sp³-hybridized carbons (Fsp3) is 0.455. The number of halogens is 6. The molecule has 2 aliphatic rings. The highest BCUT2D eigenvalue weighted by molar-refractivity contribution is 5.94. The van der Waals surface area contributed by atoms with E-state index in [-0.39, 0.29) is 18.1 Å². The zero-order valence-electron chi connectivity index (χ0n) is 19.4. The van der Waals surface area contributed by atoms with Crippen molar-refractivity contribution in [1.29, 1.82) is 0 Å². The van der Waals surface area contributed by atoms with E-state index in [1.165, 1.54) is 0 Å². The van der Waals surface area contributed by atoms with Crippen LogP contribution in [0.1, 0.15) is 29.0 Å². The van der Waals surface area contributed by atoms with Crippen LogP contribution in [0.3, 0.4) is 0 Å². The first-order valence-corrected chi connectivity index (χ1v) is 10.9. The van der Waals surface area contributed by atoms with Gasteiger partial charge in [0, 0.05) is 31.6 Å². The number of ether oxygens (including phenoxy) is 1. The van der Waals surface area contributed by atoms with Crippen LogP contribution in [0, 0.1) is 0 Å². The van der Waals surface area contributed by atoms with Gasteiger partial charge in [0.2, 0.25) is 0 Å². The highest BCUT2D eigenvalue weighted by atomic mass is 19.4. The van der Waals surface area contributed by atoms with Gasteiger partial charge in [-0.15, -0.1) is 0 Å². The number of carbonyl (C=O) groups excluding carboxylic acids is 1. The summed E-state index contributed by atoms with van der Waals surface area (Å²) in [7, 11) is 0. The normalized spacial score (nSPS) is 21.2. The molecule has 0 bridgehead atoms. The number of hydrogen-bond acceptors (Lipinski definition) is 7. The molecule has 3 N–H and O–H groups in total. The number of carboxylic acid groups (broad SMARTS) is 2. The van der Waals surface area contributed by atoms with Crippen molar-refractivity contribution in [3.8, 4) is 0 Å². The Morgan fingerprint density at radius 1 is 1.05 bits per heavy atom. The Balaban J connectivity index is 0.000000301. The van der Waals surface area contributed by atoms with Gasteiger partial charge in [-0.05, 0) is 37.1 Å². The number of rotatable bonds is 4. The minimum atomic E-state index is -5.08. The molecule has 0 aromatic carbocycles. The van der Waals surface area contributed by atoms with Gasteiger partial charge in [0.25, 0.3) is 5.91 Å². The van der Waals surface area contributed by atoms with Crippen LogP contribution in [0.4, 0.5) is 26.3 Å². The molecule has 1 amide bonds. The van der Waals surface area contributed by atoms with Crippen molar-refractivity contribution in [3.63, 3.8) is 0 Å². The molecule has 2 aliphatic heterocycles. The number of fused-ring (bicyclic) bond motifs is 1. The van der Waals surface area contributed by atoms with Gasteiger partial charge in [-0.25, -0.2) is 9.59 Å². The number of aliphatic carboxylic acids is 2. The fourth-order valence-corrected chi connectivity index (χ4v) is 3.71. The second-order valence-corrected chi connectivity index (χ2v) is 7.98. The maximum absolute atomic E-state index is 12.5. The lowest BCUT2D eigenvalue weighted by Gasteiger charge is -2.32. The number of nitrogens with one attached hydrogen (secondary N) is 1. The van der Waals surface area contributed by atoms with E-state index in [9.17, 15) is 31.1 Å². The summed E-state index contributed by atoms with van der Waals surface area (Å²) in [5.74, 6) is -4.67. The van der Waals surface area contributed by atoms with Gasteiger partial charge < -0.3 is 24.7 Å². The van der Waals surface area contributed by atoms with Crippen molar-refractivity contribution in [2.24, 2.45) is 0 Å². The first-order chi connectivity index (χ1) is 17.7. The maximum Gasteiger partial charge on any atom is 0.490 e. The lowest BCUT2D eigenvalue weighted by Crippen LogP contribution is -2.47. The Labute approximate surface area is 211 Å². The van der Waals surface area contributed by atoms with Gasteiger partial charge in [-0.1, -0.05) is 0 Å². The van der Waals surface area contributed by atoms with Crippen molar-refractivity contribution in [2.75, 3.05) is 13.2 Å². The van der Waals surface area contributed by atoms with Crippen LogP contribution < -0.4 is 5.32 Å². The second-order valence-electron chi connectivity index (χ2n) is 7.98. The van der Waals surface area contributed by atoms with Crippen molar-refractivity contribution >= 4 is 17.8 Å². The van der Waals surface area contributed by atoms with Crippen LogP contribution in [0.25, 0.3) is 0 Å². The SMILES string of the molecule is O=C(N[C@H]1CN(Cc2ccco2)[C@H]2CCCO[C@@H]12)c1cccnc1.O=C(O)C(F)(F)F.O=C(O)C(F)(F)F. The minimum Gasteiger partial charge on any atom is -0.475 e. The molecule has 4 rings (SSSR count). The van der Waals surface area contributed by atoms with E-state index in [2.05, 4.69) is 15.2 Å². The molecule has 2 fully saturated rings. The molecule has 0 spiro atoms. The van der Waals surface area contributed by atoms with Gasteiger partial charge in [0.05, 0.1) is 30.5 Å². The average molecular weight is 555 g/mol. The minimum absolute atomic E-state index is 0.0158. The summed E-state index contributed by atoms with van der Waals surface area (Å²) in [5.41, 5.74) is 0.578. The van der Waals surface area contributed by atoms with Gasteiger partial charge in [-0.3, -0.25) is 14.7 Å². The van der Waals surface area contributed by atoms with E-state index in [0.717, 1.165) is 38.3 Å². The number of carboxylic acids is 2. The van der Waals surface area contributed by atoms with Crippen LogP contribution >= 0.6 is 0 Å². The van der Waals surface area contributed by atoms with Gasteiger partial charge in [0.1, 0.15) is 5.76 Å². The Morgan fingerprint density at radius 3 is 2.18 bits per heavy atom. The van der Waals surface area contributed by atoms with Crippen molar-refractivity contribution in [3.05, 3.63) is 54.2 Å². The number of hydrogen-bond donors (Lipinski definition) is 3. The number of furan rings is 1. The zero-order valence-corrected chi connectivity index (χ0v) is 19.4. The molecule has 16 heteroatoms. The Morgan fingerprint density at radius 2 is 1.68 bits per heavy atom. The number of likely N-dealkylation sites (tertiary alicyclic amines) is 1. The molecular formula is C22H23F6N3O7. The zero-order chi connectivity index (χ0) is 28.5. The lowest BCUT2D eigenvalue weighted by atomic mass is 10.0. The van der Waals surface area contributed by atoms with Crippen LogP contribution in [0.5, 0.6) is 0 Å². The predicted octanol–water partition coefficient (Wildman–Crippen LogP) is 3.10. The number of aromatic nitrogens is 1. The first kappa shape index (κ1) is 30.6. The quantitative estimate of drug-likeness (QED) is 0.485. The van der Waals surface area contributed by atoms with E-state index in [4.69, 9.17) is 29.0 Å². The molecule has 38 heavy (non-hydrogen) atoms. The average Bonchev–Trinajstić information content (AvgIpc) is 3.48. The molecule has 0 unspecified atom stereocenters. The Hall–Kier alpha value is -3.66. The van der Waals surface area contributed by atoms with E-state index < -0.39 is 24.3 Å². The van der Waals surface area contributed by atoms with E-state index in [1.807, 2.05) is 12.1 Å². The standard InChI is InChI=1S/C18H21N3O3.2C2HF3O2/c22-18(13-4-1-7-19-10-13)20-15-12-21(11-14-5-2-8-23-14)16-6-3-9-24-17(15)16;2*3-2(4,5)1(6)7/h1-2,4-5,7-8,10,15-17H,3,6,9,11-12H2,(H,20,22);2*(H,6,7)/t15-,16-,17-;;/m0../s1. The maximum atomic E-state index is 12.5. The summed E-state index contributed by atoms with van der Waals surface area (Å²) in [5, 5.41) is 17.4. The summed E-state index contributed by atoms with van der Waals surface area (Å²) in [6, 6.07) is 7.74. The highest BCUT2D eigenvalue weighted by Crippen LogP contribution is 2.30. The van der Waals surface area contributed by atoms with Gasteiger partial charge >= 0.3 is 24.3 Å². The molecule has 0 radical (unpaired) electrons. The van der Waals surface area contributed by atoms with Gasteiger partial charge in [0.15, 0.2) is 0 Å². The second kappa shape index (κ2) is 13.2. The third-order valence-electron chi connectivity index (χ3n) is 5.29. The van der Waals surface area contributed by atoms with E-state index in [0.29, 0.717) is 11.6 Å². The van der Waals surface area contributed by atoms with Crippen LogP contribution in [0.2, 0.25) is 0 Å². The predicted molar refractivity (Wildman–Crippen MR) is 115 cm³/mol. The van der Waals surface area contributed by atoms with Crippen LogP contribution in [-0.2, 0) is 20.9 Å². The summed E-state index contributed by atoms with van der Waals surface area (Å²) in [6.07, 6.45) is -3.04. The Bertz CT molecular complexity index is 1020. The molecule has 2 aromatic rings. The third-order valence-corrected chi connectivity index (χ3v) is 5.29. The molecule has 0 saturated carbocycles. The molecule has 3 atom stereocenters. The summed E-state index contributed by atoms with van der Waals surface area (Å²) >= 11 is 0. The molecule has 10 nitrogen and oxygen atoms in total. The summed E-state index contributed by atoms with van der Waals surface area (Å²) in [4.78, 5) is 36.6. The monoisotopic (exact) mass is 555 g/mol. The number of pyridine rings is 1. The number of carbonyl (C=O) groups is 3. The molecule has 4 heterocycles. The highest BCUT2D eigenvalue weighted by Gasteiger charge is 2.45. The number of nitrogens with zero attached hydrogens (tertiary/aromatic N) is 2. The number of amides is 1. The van der Waals surface area contributed by atoms with Crippen molar-refractivity contribution in [2.45, 2.75) is 49.9 Å². The summed E-state index contributed by atoms with van der Waals surface area (Å²) < 4.78 is 75.0. The smallest absolute Gasteiger partial charge is 0.475 e. The first-order valence-electron chi connectivity index (χ1n) is 10.9. The molecule has 210 valence electrons. The van der Waals surface area contributed by atoms with Gasteiger partial charge in [-0.2, -0.15) is 26.3 Å². The molecular weight excluding hydrogens is 532 g/mol. The van der Waals surface area contributed by atoms with Crippen LogP contribution in [0.15, 0.2) is 47.3 Å². The largest absolute Gasteiger partial charge is 0.490 e. The topological polar surface area (TPSA) is 142 Å². The molecule has 2 aromatic heterocycles. The Kier molecular flexibility index (Phi) is 10.6. The van der Waals surface area contributed by atoms with Crippen LogP contribution in [-0.4, -0.2) is 81.6 Å². The molecule has 2 saturated heterocycles. The van der Waals surface area contributed by atoms with Crippen molar-refractivity contribution < 1.29 is 60.1 Å². The lowest BCUT2D eigenvalue weighted by molar-refractivity contribution is -0.193. The van der Waals surface area contributed by atoms with Crippen molar-refractivity contribution in [1.82, 2.24) is 15.2 Å². The molecule has 0 aliphatic carbocycles. The third kappa shape index (κ3) is 9.33. The fourth-order valence-electron chi connectivity index (χ4n) is 3.71. The number of alkyl halides is 6.